The summed E-state index contributed by atoms with van der Waals surface area (Å²) in [5, 5.41) is 23.4. The number of hydrogen-bond donors (Lipinski definition) is 5. The monoisotopic (exact) mass is 1270 g/mol. The zero-order valence-corrected chi connectivity index (χ0v) is 58.6. The Morgan fingerprint density at radius 2 is 0.956 bits per heavy atom. The van der Waals surface area contributed by atoms with E-state index in [2.05, 4.69) is 26.3 Å². The van der Waals surface area contributed by atoms with Crippen LogP contribution in [0.3, 0.4) is 0 Å². The first-order valence-electron chi connectivity index (χ1n) is 32.4. The standard InChI is InChI=1S/C66H114N12O12/c1-24-47-62(86)72(17)36-52(79)73(18)48(31-37(2)3)59(83)71-53(41(10)11)65(89)74(19)49(32-38(4)5)58(82)68-44(15)57(81)69-45(16)61(85)75(20)50(33-39(6)7)63(87)76(21)51(34-40(8)9)64(88)77(22)54(42(12)13)66(90)78(23)55(60(84)70-47)56(80)43(14)27-25-28-46-29-26-30-67-35-46/h26,29-30,35,37-45,47-51,53-56,80H,24-25,27-28,31-34,36H2,1-23H3,(H,68,82)(H,69,81)(H,70,84)(H,71,83)/t43-,44-,45+,47-,48+,49-,50-,51-,53-,54-,55-,56-/m1/s1. The molecule has 1 fully saturated rings. The Labute approximate surface area is 537 Å². The van der Waals surface area contributed by atoms with Crippen LogP contribution in [-0.4, -0.2) is 232 Å². The van der Waals surface area contributed by atoms with Crippen molar-refractivity contribution in [2.45, 2.75) is 229 Å². The van der Waals surface area contributed by atoms with Gasteiger partial charge in [0.25, 0.3) is 0 Å². The molecular weight excluding hydrogens is 1150 g/mol. The van der Waals surface area contributed by atoms with E-state index in [0.29, 0.717) is 19.3 Å². The van der Waals surface area contributed by atoms with Gasteiger partial charge in [0.2, 0.25) is 65.0 Å². The first-order valence-corrected chi connectivity index (χ1v) is 32.4. The molecule has 2 heterocycles. The molecule has 1 aromatic heterocycles. The van der Waals surface area contributed by atoms with Crippen molar-refractivity contribution in [3.63, 3.8) is 0 Å². The van der Waals surface area contributed by atoms with Crippen LogP contribution in [0.25, 0.3) is 0 Å². The number of rotatable bonds is 17. The van der Waals surface area contributed by atoms with E-state index < -0.39 is 156 Å². The number of hydrogen-bond acceptors (Lipinski definition) is 13. The molecule has 510 valence electrons. The quantitative estimate of drug-likeness (QED) is 0.149. The van der Waals surface area contributed by atoms with Gasteiger partial charge in [-0.3, -0.25) is 57.7 Å². The number of pyridine rings is 1. The molecule has 11 amide bonds. The molecule has 90 heavy (non-hydrogen) atoms. The fraction of sp³-hybridized carbons (Fsp3) is 0.758. The molecule has 0 radical (unpaired) electrons. The van der Waals surface area contributed by atoms with Gasteiger partial charge in [-0.15, -0.1) is 0 Å². The second-order valence-corrected chi connectivity index (χ2v) is 27.5. The summed E-state index contributed by atoms with van der Waals surface area (Å²) in [6, 6.07) is -8.66. The number of carbonyl (C=O) groups excluding carboxylic acids is 11. The SMILES string of the molecule is CC[C@H]1NC(=O)[C@@H]([C@H](O)[C@H](C)CCCc2cccnc2)N(C)C(=O)[C@@H](C(C)C)N(C)C(=O)[C@@H](CC(C)C)N(C)C(=O)[C@@H](CC(C)C)N(C)C(=O)[C@H](C)NC(=O)[C@@H](C)NC(=O)[C@@H](CC(C)C)N(C)C(=O)[C@@H](C(C)C)NC(=O)[C@H](CC(C)C)N(C)C(=O)CN(C)C1=O. The molecule has 1 aliphatic rings. The molecule has 0 bridgehead atoms. The minimum absolute atomic E-state index is 0.0155. The number of nitrogens with one attached hydrogen (secondary N) is 4. The average Bonchev–Trinajstić information content (AvgIpc) is 0.874. The van der Waals surface area contributed by atoms with Crippen molar-refractivity contribution >= 4 is 65.0 Å². The van der Waals surface area contributed by atoms with Gasteiger partial charge in [0.15, 0.2) is 0 Å². The van der Waals surface area contributed by atoms with Gasteiger partial charge in [0, 0.05) is 61.7 Å². The summed E-state index contributed by atoms with van der Waals surface area (Å²) < 4.78 is 0. The van der Waals surface area contributed by atoms with Crippen molar-refractivity contribution in [1.29, 1.82) is 0 Å². The minimum Gasteiger partial charge on any atom is -0.390 e. The molecule has 1 aromatic rings. The molecule has 24 nitrogen and oxygen atoms in total. The third-order valence-electron chi connectivity index (χ3n) is 17.2. The van der Waals surface area contributed by atoms with Gasteiger partial charge in [-0.05, 0) is 118 Å². The van der Waals surface area contributed by atoms with Crippen LogP contribution in [0.15, 0.2) is 24.5 Å². The van der Waals surface area contributed by atoms with Crippen LogP contribution >= 0.6 is 0 Å². The van der Waals surface area contributed by atoms with Crippen molar-refractivity contribution in [2.75, 3.05) is 55.9 Å². The molecule has 0 aliphatic carbocycles. The molecule has 1 saturated heterocycles. The molecule has 2 rings (SSSR count). The molecule has 0 aromatic carbocycles. The second-order valence-electron chi connectivity index (χ2n) is 27.5. The van der Waals surface area contributed by atoms with E-state index in [1.54, 1.807) is 53.9 Å². The zero-order valence-electron chi connectivity index (χ0n) is 58.6. The highest BCUT2D eigenvalue weighted by molar-refractivity contribution is 5.99. The van der Waals surface area contributed by atoms with Gasteiger partial charge in [-0.1, -0.05) is 103 Å². The molecule has 24 heteroatoms. The lowest BCUT2D eigenvalue weighted by atomic mass is 9.90. The number of aryl methyl sites for hydroxylation is 1. The minimum atomic E-state index is -1.63. The highest BCUT2D eigenvalue weighted by Gasteiger charge is 2.46. The van der Waals surface area contributed by atoms with Crippen molar-refractivity contribution in [3.05, 3.63) is 30.1 Å². The maximum Gasteiger partial charge on any atom is 0.246 e. The van der Waals surface area contributed by atoms with Crippen molar-refractivity contribution in [3.8, 4) is 0 Å². The summed E-state index contributed by atoms with van der Waals surface area (Å²) in [6.07, 6.45) is 4.11. The molecule has 0 spiro atoms. The number of aromatic nitrogens is 1. The van der Waals surface area contributed by atoms with Crippen LogP contribution in [0, 0.1) is 41.4 Å². The Hall–Kier alpha value is -6.72. The fourth-order valence-corrected chi connectivity index (χ4v) is 11.5. The lowest BCUT2D eigenvalue weighted by Crippen LogP contribution is -2.63. The van der Waals surface area contributed by atoms with Crippen molar-refractivity contribution < 1.29 is 57.8 Å². The number of likely N-dealkylation sites (N-methyl/N-ethyl adjacent to an activating group) is 7. The third-order valence-corrected chi connectivity index (χ3v) is 17.2. The summed E-state index contributed by atoms with van der Waals surface area (Å²) >= 11 is 0. The first-order chi connectivity index (χ1) is 41.7. The molecular formula is C66H114N12O12. The Morgan fingerprint density at radius 1 is 0.500 bits per heavy atom. The highest BCUT2D eigenvalue weighted by atomic mass is 16.3. The second kappa shape index (κ2) is 36.4. The molecule has 0 saturated carbocycles. The number of aliphatic hydroxyl groups is 1. The number of nitrogens with zero attached hydrogens (tertiary/aromatic N) is 8. The Kier molecular flexibility index (Phi) is 32.1. The van der Waals surface area contributed by atoms with Crippen molar-refractivity contribution in [2.24, 2.45) is 41.4 Å². The molecule has 0 unspecified atom stereocenters. The molecule has 1 aliphatic heterocycles. The van der Waals surface area contributed by atoms with Gasteiger partial charge in [0.1, 0.15) is 60.4 Å². The lowest BCUT2D eigenvalue weighted by Gasteiger charge is -2.41. The van der Waals surface area contributed by atoms with E-state index in [1.807, 2.05) is 67.5 Å². The van der Waals surface area contributed by atoms with Crippen LogP contribution in [0.1, 0.15) is 161 Å². The Bertz CT molecular complexity index is 2580. The third kappa shape index (κ3) is 22.3. The van der Waals surface area contributed by atoms with E-state index in [-0.39, 0.29) is 55.8 Å². The maximum atomic E-state index is 15.3. The van der Waals surface area contributed by atoms with Crippen molar-refractivity contribution in [1.82, 2.24) is 60.6 Å². The Balaban J connectivity index is 2.97. The van der Waals surface area contributed by atoms with Crippen LogP contribution in [-0.2, 0) is 59.2 Å². The van der Waals surface area contributed by atoms with E-state index in [0.717, 1.165) is 15.4 Å². The van der Waals surface area contributed by atoms with Gasteiger partial charge in [0.05, 0.1) is 12.6 Å². The summed E-state index contributed by atoms with van der Waals surface area (Å²) in [4.78, 5) is 174. The number of carbonyl (C=O) groups is 11. The highest BCUT2D eigenvalue weighted by Crippen LogP contribution is 2.26. The largest absolute Gasteiger partial charge is 0.390 e. The van der Waals surface area contributed by atoms with Crippen LogP contribution < -0.4 is 21.3 Å². The first kappa shape index (κ1) is 79.4. The van der Waals surface area contributed by atoms with Crippen LogP contribution in [0.2, 0.25) is 0 Å². The van der Waals surface area contributed by atoms with Gasteiger partial charge >= 0.3 is 0 Å². The van der Waals surface area contributed by atoms with Crippen LogP contribution in [0.4, 0.5) is 0 Å². The topological polar surface area (TPSA) is 292 Å². The lowest BCUT2D eigenvalue weighted by molar-refractivity contribution is -0.157. The summed E-state index contributed by atoms with van der Waals surface area (Å²) in [7, 11) is 9.95. The smallest absolute Gasteiger partial charge is 0.246 e. The summed E-state index contributed by atoms with van der Waals surface area (Å²) in [5.41, 5.74) is 0.965. The van der Waals surface area contributed by atoms with E-state index in [9.17, 15) is 38.7 Å². The van der Waals surface area contributed by atoms with Gasteiger partial charge in [-0.25, -0.2) is 0 Å². The van der Waals surface area contributed by atoms with E-state index >= 15 is 19.2 Å². The normalized spacial score (nSPS) is 25.9. The van der Waals surface area contributed by atoms with Crippen LogP contribution in [0.5, 0.6) is 0 Å². The predicted octanol–water partition coefficient (Wildman–Crippen LogP) is 3.72. The maximum absolute atomic E-state index is 15.3. The zero-order chi connectivity index (χ0) is 69.1. The van der Waals surface area contributed by atoms with E-state index in [1.165, 1.54) is 87.7 Å². The summed E-state index contributed by atoms with van der Waals surface area (Å²) in [5.74, 6) is -9.76. The number of aliphatic hydroxyl groups excluding tert-OH is 1. The van der Waals surface area contributed by atoms with Gasteiger partial charge < -0.3 is 60.7 Å². The fourth-order valence-electron chi connectivity index (χ4n) is 11.5. The average molecular weight is 1270 g/mol. The summed E-state index contributed by atoms with van der Waals surface area (Å²) in [6.45, 7) is 27.6. The number of amides is 11. The molecule has 5 N–H and O–H groups in total. The molecule has 12 atom stereocenters. The Morgan fingerprint density at radius 3 is 1.43 bits per heavy atom. The van der Waals surface area contributed by atoms with Gasteiger partial charge in [-0.2, -0.15) is 0 Å². The predicted molar refractivity (Wildman–Crippen MR) is 346 cm³/mol. The van der Waals surface area contributed by atoms with E-state index in [4.69, 9.17) is 0 Å².